The van der Waals surface area contributed by atoms with Crippen molar-refractivity contribution < 1.29 is 8.78 Å². The van der Waals surface area contributed by atoms with E-state index in [4.69, 9.17) is 0 Å². The number of nitrogens with zero attached hydrogens (tertiary/aromatic N) is 1. The van der Waals surface area contributed by atoms with E-state index in [1.165, 1.54) is 6.07 Å². The largest absolute Gasteiger partial charge is 0.368 e. The van der Waals surface area contributed by atoms with Crippen molar-refractivity contribution in [2.45, 2.75) is 6.54 Å². The van der Waals surface area contributed by atoms with E-state index in [1.54, 1.807) is 11.9 Å². The van der Waals surface area contributed by atoms with Crippen LogP contribution in [0, 0.1) is 11.6 Å². The lowest BCUT2D eigenvalue weighted by molar-refractivity contribution is 0.596. The molecule has 3 heteroatoms. The molecule has 0 aliphatic heterocycles. The second-order valence-corrected chi connectivity index (χ2v) is 3.94. The maximum absolute atomic E-state index is 13.5. The van der Waals surface area contributed by atoms with Gasteiger partial charge in [-0.3, -0.25) is 0 Å². The van der Waals surface area contributed by atoms with Crippen LogP contribution >= 0.6 is 0 Å². The summed E-state index contributed by atoms with van der Waals surface area (Å²) in [5.74, 6) is -0.842. The van der Waals surface area contributed by atoms with E-state index in [2.05, 4.69) is 0 Å². The molecule has 0 aliphatic rings. The monoisotopic (exact) mass is 233 g/mol. The lowest BCUT2D eigenvalue weighted by Gasteiger charge is -2.20. The molecule has 0 spiro atoms. The van der Waals surface area contributed by atoms with Crippen molar-refractivity contribution in [1.82, 2.24) is 0 Å². The Labute approximate surface area is 99.3 Å². The Morgan fingerprint density at radius 2 is 1.71 bits per heavy atom. The normalized spacial score (nSPS) is 10.3. The molecule has 0 N–H and O–H groups in total. The topological polar surface area (TPSA) is 3.24 Å². The van der Waals surface area contributed by atoms with Crippen molar-refractivity contribution >= 4 is 5.69 Å². The molecule has 0 unspecified atom stereocenters. The van der Waals surface area contributed by atoms with Crippen LogP contribution in [0.4, 0.5) is 14.5 Å². The predicted octanol–water partition coefficient (Wildman–Crippen LogP) is 3.60. The zero-order valence-corrected chi connectivity index (χ0v) is 9.53. The van der Waals surface area contributed by atoms with Crippen molar-refractivity contribution in [2.75, 3.05) is 11.9 Å². The van der Waals surface area contributed by atoms with Crippen molar-refractivity contribution in [2.24, 2.45) is 0 Å². The van der Waals surface area contributed by atoms with E-state index in [0.717, 1.165) is 17.7 Å². The average Bonchev–Trinajstić information content (AvgIpc) is 2.33. The summed E-state index contributed by atoms with van der Waals surface area (Å²) < 4.78 is 26.6. The Hall–Kier alpha value is -1.90. The molecule has 0 heterocycles. The molecule has 0 atom stereocenters. The minimum atomic E-state index is -0.429. The molecule has 0 fully saturated rings. The standard InChI is InChI=1S/C14H13F2N/c1-17(10-11-5-3-2-4-6-11)14-9-12(15)7-8-13(14)16/h2-9H,10H2,1H3. The second kappa shape index (κ2) is 4.95. The van der Waals surface area contributed by atoms with Crippen LogP contribution in [0.2, 0.25) is 0 Å². The number of hydrogen-bond donors (Lipinski definition) is 0. The van der Waals surface area contributed by atoms with Crippen LogP contribution in [0.15, 0.2) is 48.5 Å². The van der Waals surface area contributed by atoms with Gasteiger partial charge in [-0.15, -0.1) is 0 Å². The molecule has 0 saturated heterocycles. The first-order valence-electron chi connectivity index (χ1n) is 5.37. The summed E-state index contributed by atoms with van der Waals surface area (Å²) in [6.45, 7) is 0.543. The highest BCUT2D eigenvalue weighted by Crippen LogP contribution is 2.20. The van der Waals surface area contributed by atoms with Gasteiger partial charge in [-0.1, -0.05) is 30.3 Å². The maximum atomic E-state index is 13.5. The third kappa shape index (κ3) is 2.81. The lowest BCUT2D eigenvalue weighted by atomic mass is 10.2. The fourth-order valence-electron chi connectivity index (χ4n) is 1.72. The van der Waals surface area contributed by atoms with Gasteiger partial charge >= 0.3 is 0 Å². The van der Waals surface area contributed by atoms with Crippen LogP contribution in [0.3, 0.4) is 0 Å². The van der Waals surface area contributed by atoms with E-state index in [9.17, 15) is 8.78 Å². The van der Waals surface area contributed by atoms with E-state index in [-0.39, 0.29) is 5.69 Å². The molecule has 2 aromatic rings. The summed E-state index contributed by atoms with van der Waals surface area (Å²) in [5.41, 5.74) is 1.33. The van der Waals surface area contributed by atoms with Gasteiger partial charge in [0, 0.05) is 19.7 Å². The zero-order chi connectivity index (χ0) is 12.3. The van der Waals surface area contributed by atoms with Gasteiger partial charge in [-0.2, -0.15) is 0 Å². The molecule has 0 radical (unpaired) electrons. The van der Waals surface area contributed by atoms with E-state index in [0.29, 0.717) is 6.54 Å². The summed E-state index contributed by atoms with van der Waals surface area (Å²) in [4.78, 5) is 1.69. The van der Waals surface area contributed by atoms with Crippen LogP contribution in [-0.4, -0.2) is 7.05 Å². The van der Waals surface area contributed by atoms with Gasteiger partial charge in [0.15, 0.2) is 0 Å². The highest BCUT2D eigenvalue weighted by Gasteiger charge is 2.09. The van der Waals surface area contributed by atoms with Gasteiger partial charge in [-0.25, -0.2) is 8.78 Å². The van der Waals surface area contributed by atoms with Gasteiger partial charge in [0.2, 0.25) is 0 Å². The molecule has 88 valence electrons. The quantitative estimate of drug-likeness (QED) is 0.783. The molecule has 17 heavy (non-hydrogen) atoms. The summed E-state index contributed by atoms with van der Waals surface area (Å²) in [6, 6.07) is 13.1. The Morgan fingerprint density at radius 1 is 1.00 bits per heavy atom. The second-order valence-electron chi connectivity index (χ2n) is 3.94. The fourth-order valence-corrected chi connectivity index (χ4v) is 1.72. The smallest absolute Gasteiger partial charge is 0.146 e. The van der Waals surface area contributed by atoms with Crippen molar-refractivity contribution in [1.29, 1.82) is 0 Å². The molecule has 0 amide bonds. The first-order valence-corrected chi connectivity index (χ1v) is 5.37. The summed E-state index contributed by atoms with van der Waals surface area (Å²) in [6.07, 6.45) is 0. The van der Waals surface area contributed by atoms with Crippen LogP contribution in [0.25, 0.3) is 0 Å². The minimum Gasteiger partial charge on any atom is -0.368 e. The first-order chi connectivity index (χ1) is 8.16. The van der Waals surface area contributed by atoms with Crippen LogP contribution < -0.4 is 4.90 Å². The van der Waals surface area contributed by atoms with Crippen LogP contribution in [0.1, 0.15) is 5.56 Å². The molecule has 0 aromatic heterocycles. The molecule has 2 rings (SSSR count). The molecule has 1 nitrogen and oxygen atoms in total. The summed E-state index contributed by atoms with van der Waals surface area (Å²) in [7, 11) is 1.74. The van der Waals surface area contributed by atoms with Crippen molar-refractivity contribution in [3.63, 3.8) is 0 Å². The average molecular weight is 233 g/mol. The molecule has 0 aliphatic carbocycles. The third-order valence-electron chi connectivity index (χ3n) is 2.58. The summed E-state index contributed by atoms with van der Waals surface area (Å²) >= 11 is 0. The number of hydrogen-bond acceptors (Lipinski definition) is 1. The number of rotatable bonds is 3. The number of anilines is 1. The lowest BCUT2D eigenvalue weighted by Crippen LogP contribution is -2.17. The number of halogens is 2. The first kappa shape index (κ1) is 11.6. The van der Waals surface area contributed by atoms with E-state index in [1.807, 2.05) is 30.3 Å². The molecule has 2 aromatic carbocycles. The van der Waals surface area contributed by atoms with Crippen LogP contribution in [-0.2, 0) is 6.54 Å². The highest BCUT2D eigenvalue weighted by molar-refractivity contribution is 5.47. The van der Waals surface area contributed by atoms with Gasteiger partial charge in [0.05, 0.1) is 5.69 Å². The van der Waals surface area contributed by atoms with Gasteiger partial charge in [0.25, 0.3) is 0 Å². The zero-order valence-electron chi connectivity index (χ0n) is 9.53. The summed E-state index contributed by atoms with van der Waals surface area (Å²) in [5, 5.41) is 0. The van der Waals surface area contributed by atoms with Crippen molar-refractivity contribution in [3.8, 4) is 0 Å². The minimum absolute atomic E-state index is 0.272. The van der Waals surface area contributed by atoms with E-state index >= 15 is 0 Å². The molecular formula is C14H13F2N. The third-order valence-corrected chi connectivity index (χ3v) is 2.58. The van der Waals surface area contributed by atoms with Gasteiger partial charge in [-0.05, 0) is 17.7 Å². The Bertz CT molecular complexity index is 497. The predicted molar refractivity (Wildman–Crippen MR) is 64.9 cm³/mol. The van der Waals surface area contributed by atoms with Gasteiger partial charge in [0.1, 0.15) is 11.6 Å². The molecule has 0 saturated carbocycles. The fraction of sp³-hybridized carbons (Fsp3) is 0.143. The molecular weight excluding hydrogens is 220 g/mol. The maximum Gasteiger partial charge on any atom is 0.146 e. The Balaban J connectivity index is 2.20. The SMILES string of the molecule is CN(Cc1ccccc1)c1cc(F)ccc1F. The Kier molecular flexibility index (Phi) is 3.38. The van der Waals surface area contributed by atoms with Crippen LogP contribution in [0.5, 0.6) is 0 Å². The van der Waals surface area contributed by atoms with E-state index < -0.39 is 11.6 Å². The van der Waals surface area contributed by atoms with Crippen molar-refractivity contribution in [3.05, 3.63) is 65.7 Å². The Morgan fingerprint density at radius 3 is 2.41 bits per heavy atom. The highest BCUT2D eigenvalue weighted by atomic mass is 19.1. The number of benzene rings is 2. The molecule has 0 bridgehead atoms. The van der Waals surface area contributed by atoms with Gasteiger partial charge < -0.3 is 4.90 Å².